The van der Waals surface area contributed by atoms with Crippen molar-refractivity contribution in [1.82, 2.24) is 4.31 Å². The van der Waals surface area contributed by atoms with Crippen LogP contribution >= 0.6 is 0 Å². The summed E-state index contributed by atoms with van der Waals surface area (Å²) in [5.74, 6) is -0.102. The molecule has 20 heavy (non-hydrogen) atoms. The highest BCUT2D eigenvalue weighted by molar-refractivity contribution is 7.88. The Morgan fingerprint density at radius 2 is 1.90 bits per heavy atom. The van der Waals surface area contributed by atoms with Crippen molar-refractivity contribution < 1.29 is 22.0 Å². The third-order valence-electron chi connectivity index (χ3n) is 2.58. The van der Waals surface area contributed by atoms with Crippen LogP contribution in [-0.4, -0.2) is 26.8 Å². The van der Waals surface area contributed by atoms with E-state index in [1.54, 1.807) is 12.1 Å². The van der Waals surface area contributed by atoms with Crippen molar-refractivity contribution in [2.24, 2.45) is 0 Å². The summed E-state index contributed by atoms with van der Waals surface area (Å²) in [7, 11) is -0.790. The van der Waals surface area contributed by atoms with Crippen LogP contribution < -0.4 is 4.74 Å². The molecule has 0 fully saturated rings. The van der Waals surface area contributed by atoms with Crippen molar-refractivity contribution in [2.45, 2.75) is 11.7 Å². The molecule has 2 aromatic rings. The van der Waals surface area contributed by atoms with E-state index in [0.717, 1.165) is 4.31 Å². The predicted molar refractivity (Wildman–Crippen MR) is 70.3 cm³/mol. The van der Waals surface area contributed by atoms with Crippen LogP contribution in [0.4, 0.5) is 4.39 Å². The standard InChI is InChI=1S/C13H14FNO4S/c1-15(2)20(16,17)13-8-7-10(19-13)9-18-12-6-4-3-5-11(12)14/h3-8H,9H2,1-2H3. The number of hydrogen-bond acceptors (Lipinski definition) is 4. The minimum Gasteiger partial charge on any atom is -0.483 e. The maximum Gasteiger partial charge on any atom is 0.275 e. The molecule has 0 saturated carbocycles. The molecule has 0 aliphatic carbocycles. The molecule has 0 aliphatic heterocycles. The van der Waals surface area contributed by atoms with Crippen molar-refractivity contribution in [2.75, 3.05) is 14.1 Å². The topological polar surface area (TPSA) is 59.8 Å². The lowest BCUT2D eigenvalue weighted by molar-refractivity contribution is 0.247. The van der Waals surface area contributed by atoms with E-state index in [-0.39, 0.29) is 17.4 Å². The van der Waals surface area contributed by atoms with Crippen LogP contribution in [0.3, 0.4) is 0 Å². The van der Waals surface area contributed by atoms with Gasteiger partial charge in [-0.2, -0.15) is 0 Å². The summed E-state index contributed by atoms with van der Waals surface area (Å²) in [6, 6.07) is 8.78. The lowest BCUT2D eigenvalue weighted by Gasteiger charge is -2.08. The third-order valence-corrected chi connectivity index (χ3v) is 4.27. The van der Waals surface area contributed by atoms with E-state index in [4.69, 9.17) is 9.15 Å². The fourth-order valence-electron chi connectivity index (χ4n) is 1.47. The Morgan fingerprint density at radius 1 is 1.20 bits per heavy atom. The van der Waals surface area contributed by atoms with Crippen LogP contribution in [0.15, 0.2) is 45.9 Å². The first kappa shape index (κ1) is 14.5. The predicted octanol–water partition coefficient (Wildman–Crippen LogP) is 2.25. The fourth-order valence-corrected chi connectivity index (χ4v) is 2.28. The normalized spacial score (nSPS) is 11.8. The number of hydrogen-bond donors (Lipinski definition) is 0. The van der Waals surface area contributed by atoms with Gasteiger partial charge in [-0.05, 0) is 24.3 Å². The molecule has 7 heteroatoms. The van der Waals surface area contributed by atoms with Gasteiger partial charge in [-0.15, -0.1) is 0 Å². The van der Waals surface area contributed by atoms with Crippen LogP contribution in [0.2, 0.25) is 0 Å². The molecule has 0 atom stereocenters. The fraction of sp³-hybridized carbons (Fsp3) is 0.231. The largest absolute Gasteiger partial charge is 0.483 e. The molecule has 108 valence electrons. The van der Waals surface area contributed by atoms with Crippen LogP contribution in [0, 0.1) is 5.82 Å². The van der Waals surface area contributed by atoms with Gasteiger partial charge in [0.05, 0.1) is 0 Å². The minimum atomic E-state index is -3.61. The highest BCUT2D eigenvalue weighted by atomic mass is 32.2. The first-order valence-electron chi connectivity index (χ1n) is 5.80. The second kappa shape index (κ2) is 5.64. The van der Waals surface area contributed by atoms with Gasteiger partial charge in [-0.1, -0.05) is 12.1 Å². The quantitative estimate of drug-likeness (QED) is 0.849. The number of para-hydroxylation sites is 1. The molecule has 0 bridgehead atoms. The van der Waals surface area contributed by atoms with Gasteiger partial charge in [0.1, 0.15) is 12.4 Å². The van der Waals surface area contributed by atoms with E-state index in [0.29, 0.717) is 5.76 Å². The number of furan rings is 1. The molecule has 1 aromatic carbocycles. The number of ether oxygens (including phenoxy) is 1. The highest BCUT2D eigenvalue weighted by Gasteiger charge is 2.21. The Balaban J connectivity index is 2.10. The van der Waals surface area contributed by atoms with E-state index in [9.17, 15) is 12.8 Å². The van der Waals surface area contributed by atoms with Crippen LogP contribution in [0.5, 0.6) is 5.75 Å². The van der Waals surface area contributed by atoms with Crippen molar-refractivity contribution >= 4 is 10.0 Å². The second-order valence-electron chi connectivity index (χ2n) is 4.23. The lowest BCUT2D eigenvalue weighted by atomic mass is 10.3. The number of halogens is 1. The Bertz CT molecular complexity index is 694. The summed E-state index contributed by atoms with van der Waals surface area (Å²) in [5.41, 5.74) is 0. The molecule has 0 unspecified atom stereocenters. The van der Waals surface area contributed by atoms with Gasteiger partial charge in [-0.3, -0.25) is 0 Å². The lowest BCUT2D eigenvalue weighted by Crippen LogP contribution is -2.21. The molecule has 5 nitrogen and oxygen atoms in total. The van der Waals surface area contributed by atoms with Gasteiger partial charge in [-0.25, -0.2) is 17.1 Å². The maximum atomic E-state index is 13.3. The molecule has 0 saturated heterocycles. The van der Waals surface area contributed by atoms with Crippen LogP contribution in [-0.2, 0) is 16.6 Å². The summed E-state index contributed by atoms with van der Waals surface area (Å²) < 4.78 is 48.4. The summed E-state index contributed by atoms with van der Waals surface area (Å²) >= 11 is 0. The molecule has 0 amide bonds. The van der Waals surface area contributed by atoms with Crippen LogP contribution in [0.1, 0.15) is 5.76 Å². The Kier molecular flexibility index (Phi) is 4.10. The number of sulfonamides is 1. The van der Waals surface area contributed by atoms with Crippen LogP contribution in [0.25, 0.3) is 0 Å². The highest BCUT2D eigenvalue weighted by Crippen LogP contribution is 2.20. The zero-order valence-electron chi connectivity index (χ0n) is 11.0. The Morgan fingerprint density at radius 3 is 2.55 bits per heavy atom. The van der Waals surface area contributed by atoms with Crippen molar-refractivity contribution in [3.8, 4) is 5.75 Å². The maximum absolute atomic E-state index is 13.3. The van der Waals surface area contributed by atoms with E-state index in [1.807, 2.05) is 0 Å². The van der Waals surface area contributed by atoms with E-state index >= 15 is 0 Å². The van der Waals surface area contributed by atoms with Gasteiger partial charge < -0.3 is 9.15 Å². The molecular weight excluding hydrogens is 285 g/mol. The van der Waals surface area contributed by atoms with Crippen molar-refractivity contribution in [1.29, 1.82) is 0 Å². The summed E-state index contributed by atoms with van der Waals surface area (Å²) in [5, 5.41) is -0.172. The monoisotopic (exact) mass is 299 g/mol. The molecule has 0 aliphatic rings. The van der Waals surface area contributed by atoms with Gasteiger partial charge in [0.15, 0.2) is 11.6 Å². The Labute approximate surface area is 116 Å². The summed E-state index contributed by atoms with van der Waals surface area (Å²) in [4.78, 5) is 0. The number of benzene rings is 1. The van der Waals surface area contributed by atoms with E-state index in [1.165, 1.54) is 38.4 Å². The first-order valence-corrected chi connectivity index (χ1v) is 7.24. The van der Waals surface area contributed by atoms with Gasteiger partial charge >= 0.3 is 0 Å². The number of rotatable bonds is 5. The minimum absolute atomic E-state index is 0.0517. The smallest absolute Gasteiger partial charge is 0.275 e. The Hall–Kier alpha value is -1.86. The van der Waals surface area contributed by atoms with E-state index < -0.39 is 15.8 Å². The van der Waals surface area contributed by atoms with Crippen molar-refractivity contribution in [3.05, 3.63) is 48.0 Å². The second-order valence-corrected chi connectivity index (χ2v) is 6.31. The molecule has 2 rings (SSSR count). The average molecular weight is 299 g/mol. The molecule has 0 spiro atoms. The molecule has 1 heterocycles. The van der Waals surface area contributed by atoms with Gasteiger partial charge in [0.2, 0.25) is 5.09 Å². The van der Waals surface area contributed by atoms with Gasteiger partial charge in [0.25, 0.3) is 10.0 Å². The van der Waals surface area contributed by atoms with Crippen molar-refractivity contribution in [3.63, 3.8) is 0 Å². The third kappa shape index (κ3) is 3.00. The zero-order valence-corrected chi connectivity index (χ0v) is 11.9. The van der Waals surface area contributed by atoms with E-state index in [2.05, 4.69) is 0 Å². The molecule has 0 radical (unpaired) electrons. The number of nitrogens with zero attached hydrogens (tertiary/aromatic N) is 1. The molecule has 1 aromatic heterocycles. The average Bonchev–Trinajstić information content (AvgIpc) is 2.87. The first-order chi connectivity index (χ1) is 9.41. The zero-order chi connectivity index (χ0) is 14.8. The van der Waals surface area contributed by atoms with Gasteiger partial charge in [0, 0.05) is 14.1 Å². The SMILES string of the molecule is CN(C)S(=O)(=O)c1ccc(COc2ccccc2F)o1. The summed E-state index contributed by atoms with van der Waals surface area (Å²) in [6.45, 7) is -0.0517. The summed E-state index contributed by atoms with van der Waals surface area (Å²) in [6.07, 6.45) is 0. The molecule has 0 N–H and O–H groups in total. The molecular formula is C13H14FNO4S.